The van der Waals surface area contributed by atoms with E-state index in [1.165, 1.54) is 33.4 Å². The van der Waals surface area contributed by atoms with Gasteiger partial charge in [0.05, 0.1) is 16.3 Å². The Labute approximate surface area is 358 Å². The second-order valence-electron chi connectivity index (χ2n) is 15.4. The summed E-state index contributed by atoms with van der Waals surface area (Å²) in [7, 11) is 10.5. The molecule has 55 heavy (non-hydrogen) atoms. The quantitative estimate of drug-likeness (QED) is 0.124. The zero-order valence-electron chi connectivity index (χ0n) is 37.0. The molecule has 0 spiro atoms. The van der Waals surface area contributed by atoms with Crippen LogP contribution in [0.1, 0.15) is 156 Å². The summed E-state index contributed by atoms with van der Waals surface area (Å²) in [6.45, 7) is 25.2. The van der Waals surface area contributed by atoms with E-state index in [4.69, 9.17) is 14.7 Å². The molecule has 3 aromatic carbocycles. The molecule has 0 bridgehead atoms. The molecule has 6 nitrogen and oxygen atoms in total. The van der Waals surface area contributed by atoms with E-state index in [1.807, 2.05) is 6.07 Å². The number of thiazole rings is 1. The van der Waals surface area contributed by atoms with Crippen molar-refractivity contribution in [3.8, 4) is 11.3 Å². The van der Waals surface area contributed by atoms with Crippen LogP contribution in [0.4, 0.5) is 5.69 Å². The van der Waals surface area contributed by atoms with E-state index in [9.17, 15) is 0 Å². The molecule has 0 aliphatic carbocycles. The van der Waals surface area contributed by atoms with Crippen LogP contribution in [-0.2, 0) is 32.3 Å². The summed E-state index contributed by atoms with van der Waals surface area (Å²) in [5.74, 6) is 2.85. The molecule has 1 unspecified atom stereocenters. The molecule has 5 rings (SSSR count). The van der Waals surface area contributed by atoms with Crippen LogP contribution in [0, 0.1) is 0 Å². The van der Waals surface area contributed by atoms with Crippen LogP contribution in [0.3, 0.4) is 0 Å². The van der Waals surface area contributed by atoms with Crippen molar-refractivity contribution in [2.24, 2.45) is 0 Å². The Kier molecular flexibility index (Phi) is 22.8. The zero-order valence-corrected chi connectivity index (χ0v) is 41.4. The first-order valence-corrected chi connectivity index (χ1v) is 20.5. The summed E-state index contributed by atoms with van der Waals surface area (Å²) in [5, 5.41) is 20.7. The third kappa shape index (κ3) is 13.2. The van der Waals surface area contributed by atoms with Gasteiger partial charge in [-0.05, 0) is 64.0 Å². The normalized spacial score (nSPS) is 11.5. The topological polar surface area (TPSA) is 82.4 Å². The molecule has 0 amide bonds. The molecular formula is C47H69HfN5OS. The van der Waals surface area contributed by atoms with Crippen molar-refractivity contribution in [1.82, 2.24) is 4.98 Å². The Balaban J connectivity index is 0.00000138. The number of aryl methyl sites for hydroxylation is 1. The smallest absolute Gasteiger partial charge is 0.672 e. The van der Waals surface area contributed by atoms with E-state index in [0.717, 1.165) is 45.1 Å². The van der Waals surface area contributed by atoms with Gasteiger partial charge in [0, 0.05) is 17.2 Å². The van der Waals surface area contributed by atoms with Crippen LogP contribution in [0.2, 0.25) is 0 Å². The van der Waals surface area contributed by atoms with Gasteiger partial charge in [-0.2, -0.15) is 42.3 Å². The molecule has 8 heteroatoms. The first-order valence-electron chi connectivity index (χ1n) is 19.6. The number of para-hydroxylation sites is 2. The number of nitrogens with zero attached hydrogens (tertiary/aromatic N) is 5. The van der Waals surface area contributed by atoms with Crippen molar-refractivity contribution >= 4 is 28.0 Å². The summed E-state index contributed by atoms with van der Waals surface area (Å²) in [6.07, 6.45) is 0.815. The average Bonchev–Trinajstić information content (AvgIpc) is 3.75. The average molecular weight is 931 g/mol. The molecule has 0 aliphatic heterocycles. The largest absolute Gasteiger partial charge is 4.00 e. The Morgan fingerprint density at radius 1 is 0.636 bits per heavy atom. The van der Waals surface area contributed by atoms with E-state index >= 15 is 0 Å². The number of furan rings is 1. The third-order valence-electron chi connectivity index (χ3n) is 9.05. The number of aromatic nitrogens is 1. The third-order valence-corrected chi connectivity index (χ3v) is 9.95. The van der Waals surface area contributed by atoms with Gasteiger partial charge < -0.3 is 25.7 Å². The van der Waals surface area contributed by atoms with E-state index in [0.29, 0.717) is 29.6 Å². The van der Waals surface area contributed by atoms with Crippen LogP contribution in [0.25, 0.3) is 43.5 Å². The molecule has 298 valence electrons. The first kappa shape index (κ1) is 50.4. The van der Waals surface area contributed by atoms with Gasteiger partial charge in [0.25, 0.3) is 0 Å². The first-order chi connectivity index (χ1) is 25.7. The second-order valence-corrected chi connectivity index (χ2v) is 16.3. The second kappa shape index (κ2) is 24.9. The molecular weight excluding hydrogens is 861 g/mol. The molecule has 0 saturated carbocycles. The fourth-order valence-electron chi connectivity index (χ4n) is 6.51. The van der Waals surface area contributed by atoms with Crippen molar-refractivity contribution in [2.75, 3.05) is 42.3 Å². The summed E-state index contributed by atoms with van der Waals surface area (Å²) < 4.78 is 6.31. The number of hydrogen-bond donors (Lipinski definition) is 0. The summed E-state index contributed by atoms with van der Waals surface area (Å²) >= 11 is 1.73. The molecule has 0 aliphatic rings. The number of rotatable bonds is 11. The number of hydrogen-bond acceptors (Lipinski definition) is 3. The van der Waals surface area contributed by atoms with Crippen molar-refractivity contribution < 1.29 is 30.3 Å². The molecule has 2 heterocycles. The molecule has 0 radical (unpaired) electrons. The van der Waals surface area contributed by atoms with Crippen molar-refractivity contribution in [2.45, 2.75) is 118 Å². The molecule has 0 saturated heterocycles. The van der Waals surface area contributed by atoms with E-state index in [1.54, 1.807) is 53.6 Å². The maximum atomic E-state index is 6.31. The van der Waals surface area contributed by atoms with Gasteiger partial charge in [-0.25, -0.2) is 4.98 Å². The minimum Gasteiger partial charge on any atom is -0.672 e. The number of benzene rings is 3. The monoisotopic (exact) mass is 931 g/mol. The Hall–Kier alpha value is -2.62. The van der Waals surface area contributed by atoms with Gasteiger partial charge in [0.2, 0.25) is 0 Å². The van der Waals surface area contributed by atoms with Crippen LogP contribution in [0.5, 0.6) is 0 Å². The van der Waals surface area contributed by atoms with E-state index in [-0.39, 0.29) is 31.9 Å². The standard InChI is InChI=1S/C41H51N2OS.3C2H6N.Hf/c1-12-35-38(31-16-13-14-19-36(31)44-35)34-22-45-41(42-34)40(43-39-29(24(4)5)17-15-18-30(39)25(6)7)37-32(26(8)9)20-28(23(2)3)21-33(37)27(10)11;3*1-3-2;/h13-27,40H,12H2,1-11H3;3*1-2H3;/q4*-1;+4. The zero-order chi connectivity index (χ0) is 40.7. The van der Waals surface area contributed by atoms with Crippen LogP contribution in [0.15, 0.2) is 64.4 Å². The Morgan fingerprint density at radius 3 is 1.55 bits per heavy atom. The molecule has 0 N–H and O–H groups in total. The van der Waals surface area contributed by atoms with Crippen LogP contribution < -0.4 is 0 Å². The Morgan fingerprint density at radius 2 is 1.11 bits per heavy atom. The van der Waals surface area contributed by atoms with Crippen molar-refractivity contribution in [3.63, 3.8) is 0 Å². The summed E-state index contributed by atoms with van der Waals surface area (Å²) in [5.41, 5.74) is 12.2. The van der Waals surface area contributed by atoms with Crippen LogP contribution >= 0.6 is 11.3 Å². The van der Waals surface area contributed by atoms with Gasteiger partial charge >= 0.3 is 25.8 Å². The van der Waals surface area contributed by atoms with Gasteiger partial charge in [-0.3, -0.25) is 0 Å². The minimum absolute atomic E-state index is 0. The van der Waals surface area contributed by atoms with Crippen molar-refractivity contribution in [3.05, 3.63) is 125 Å². The fourth-order valence-corrected chi connectivity index (χ4v) is 7.37. The Bertz CT molecular complexity index is 1780. The predicted molar refractivity (Wildman–Crippen MR) is 241 cm³/mol. The molecule has 2 aromatic heterocycles. The minimum atomic E-state index is -0.222. The van der Waals surface area contributed by atoms with Gasteiger partial charge in [0.1, 0.15) is 11.3 Å². The SMILES string of the molecule is CCc1oc2ccccc2c1-c1csc(C([N-]c2c(C(C)C)cccc2C(C)C)c2c(C(C)C)cc(C(C)C)cc2C(C)C)n1.C[N-]C.C[N-]C.C[N-]C.[Hf+4]. The summed E-state index contributed by atoms with van der Waals surface area (Å²) in [4.78, 5) is 5.46. The van der Waals surface area contributed by atoms with Crippen molar-refractivity contribution in [1.29, 1.82) is 0 Å². The van der Waals surface area contributed by atoms with E-state index in [2.05, 4.69) is 146 Å². The van der Waals surface area contributed by atoms with Gasteiger partial charge in [0.15, 0.2) is 0 Å². The van der Waals surface area contributed by atoms with Gasteiger partial charge in [-0.1, -0.05) is 136 Å². The maximum absolute atomic E-state index is 6.31. The molecule has 0 fully saturated rings. The van der Waals surface area contributed by atoms with Crippen LogP contribution in [-0.4, -0.2) is 47.3 Å². The van der Waals surface area contributed by atoms with E-state index < -0.39 is 0 Å². The number of fused-ring (bicyclic) bond motifs is 1. The maximum Gasteiger partial charge on any atom is 4.00 e. The molecule has 5 aromatic rings. The predicted octanol–water partition coefficient (Wildman–Crippen LogP) is 15.4. The fraction of sp³-hybridized carbons (Fsp3) is 0.511. The summed E-state index contributed by atoms with van der Waals surface area (Å²) in [6, 6.07) is 19.7. The molecule has 1 atom stereocenters. The van der Waals surface area contributed by atoms with Gasteiger partial charge in [-0.15, -0.1) is 17.0 Å².